The van der Waals surface area contributed by atoms with Crippen molar-refractivity contribution in [1.82, 2.24) is 0 Å². The monoisotopic (exact) mass is 774 g/mol. The number of halogens is 1. The number of anilines is 1. The van der Waals surface area contributed by atoms with Crippen molar-refractivity contribution in [2.45, 2.75) is 115 Å². The molecule has 0 bridgehead atoms. The zero-order valence-corrected chi connectivity index (χ0v) is 32.2. The van der Waals surface area contributed by atoms with Crippen LogP contribution in [-0.4, -0.2) is 23.5 Å². The van der Waals surface area contributed by atoms with Crippen molar-refractivity contribution >= 4 is 34.6 Å². The Labute approximate surface area is 306 Å². The molecule has 2 aliphatic carbocycles. The predicted octanol–water partition coefficient (Wildman–Crippen LogP) is 11.5. The number of nitrogen functional groups attached to an aromatic ring is 1. The van der Waals surface area contributed by atoms with Crippen molar-refractivity contribution in [1.29, 1.82) is 0 Å². The summed E-state index contributed by atoms with van der Waals surface area (Å²) in [6.45, 7) is 8.37. The number of benzene rings is 4. The molecule has 2 saturated carbocycles. The molecule has 0 aliphatic heterocycles. The Morgan fingerprint density at radius 3 is 1.62 bits per heavy atom. The van der Waals surface area contributed by atoms with Gasteiger partial charge in [-0.1, -0.05) is 76.2 Å². The molecule has 4 aromatic rings. The molecule has 2 N–H and O–H groups in total. The van der Waals surface area contributed by atoms with Gasteiger partial charge in [0, 0.05) is 10.3 Å². The molecule has 0 aromatic heterocycles. The zero-order valence-electron chi connectivity index (χ0n) is 29.0. The average Bonchev–Trinajstić information content (AvgIpc) is 3.07. The van der Waals surface area contributed by atoms with Crippen LogP contribution in [0.5, 0.6) is 11.5 Å². The maximum atomic E-state index is 7.16. The number of hydrogen-bond donors (Lipinski definition) is 1. The van der Waals surface area contributed by atoms with Gasteiger partial charge in [0.15, 0.2) is 0 Å². The first kappa shape index (κ1) is 36.9. The molecule has 0 unspecified atom stereocenters. The van der Waals surface area contributed by atoms with Gasteiger partial charge in [0.25, 0.3) is 0 Å². The fraction of sp³-hybridized carbons (Fsp3) is 0.429. The van der Waals surface area contributed by atoms with Gasteiger partial charge in [-0.15, -0.1) is 0 Å². The van der Waals surface area contributed by atoms with Crippen LogP contribution in [0, 0.1) is 0 Å². The van der Waals surface area contributed by atoms with Crippen LogP contribution in [-0.2, 0) is 19.2 Å². The van der Waals surface area contributed by atoms with Gasteiger partial charge < -0.3 is 9.47 Å². The van der Waals surface area contributed by atoms with E-state index >= 15 is 0 Å². The molecule has 0 spiro atoms. The Bertz CT molecular complexity index is 1520. The first-order chi connectivity index (χ1) is 23.2. The van der Waals surface area contributed by atoms with E-state index in [4.69, 9.17) is 26.8 Å². The van der Waals surface area contributed by atoms with Crippen molar-refractivity contribution in [3.05, 3.63) is 90.0 Å². The van der Waals surface area contributed by atoms with Crippen LogP contribution in [0.3, 0.4) is 0 Å². The number of hydrogen-bond acceptors (Lipinski definition) is 3. The van der Waals surface area contributed by atoms with E-state index in [2.05, 4.69) is 83.3 Å². The second kappa shape index (κ2) is 18.1. The minimum atomic E-state index is -0.366. The fourth-order valence-electron chi connectivity index (χ4n) is 7.24. The zero-order chi connectivity index (χ0) is 34.0. The summed E-state index contributed by atoms with van der Waals surface area (Å²) in [4.78, 5) is 0. The third-order valence-corrected chi connectivity index (χ3v) is 14.0. The first-order valence-corrected chi connectivity index (χ1v) is 20.5. The summed E-state index contributed by atoms with van der Waals surface area (Å²) in [5, 5.41) is 2.35. The topological polar surface area (TPSA) is 44.5 Å². The second-order valence-corrected chi connectivity index (χ2v) is 17.6. The summed E-state index contributed by atoms with van der Waals surface area (Å²) < 4.78 is 13.8. The molecular weight excluding hydrogens is 723 g/mol. The molecule has 0 saturated heterocycles. The van der Waals surface area contributed by atoms with Crippen molar-refractivity contribution in [2.75, 3.05) is 5.73 Å². The molecule has 0 radical (unpaired) electrons. The van der Waals surface area contributed by atoms with Gasteiger partial charge >= 0.3 is 94.3 Å². The first-order valence-electron chi connectivity index (χ1n) is 17.8. The molecular formula is C42H52ClNO2PPd. The van der Waals surface area contributed by atoms with E-state index in [1.54, 1.807) is 0 Å². The summed E-state index contributed by atoms with van der Waals surface area (Å²) in [6.07, 6.45) is 13.8. The summed E-state index contributed by atoms with van der Waals surface area (Å²) in [5.41, 5.74) is 12.8. The number of ether oxygens (including phenoxy) is 2. The molecule has 6 rings (SSSR count). The third-order valence-electron chi connectivity index (χ3n) is 9.26. The molecule has 0 heterocycles. The maximum absolute atomic E-state index is 7.16. The van der Waals surface area contributed by atoms with Gasteiger partial charge in [-0.2, -0.15) is 0 Å². The third kappa shape index (κ3) is 9.46. The van der Waals surface area contributed by atoms with Crippen LogP contribution >= 0.6 is 19.5 Å². The van der Waals surface area contributed by atoms with E-state index in [0.717, 1.165) is 54.3 Å². The normalized spacial score (nSPS) is 15.8. The van der Waals surface area contributed by atoms with Crippen LogP contribution in [0.25, 0.3) is 22.3 Å². The summed E-state index contributed by atoms with van der Waals surface area (Å²) in [7, 11) is -0.366. The van der Waals surface area contributed by atoms with E-state index in [1.807, 2.05) is 48.5 Å². The van der Waals surface area contributed by atoms with Crippen molar-refractivity contribution in [3.63, 3.8) is 0 Å². The number of nitrogens with two attached hydrogens (primary N) is 1. The van der Waals surface area contributed by atoms with Crippen LogP contribution in [0.15, 0.2) is 84.9 Å². The second-order valence-electron chi connectivity index (χ2n) is 13.6. The summed E-state index contributed by atoms with van der Waals surface area (Å²) in [5.74, 6) is 1.80. The summed E-state index contributed by atoms with van der Waals surface area (Å²) >= 11 is 10.4. The SMILES string of the molecule is CC(C)Oc1cccc(OC(C)C)c1-c1cccc(Cl)c1P(C1CCCCC1)C1CCCCC1.Nc1ccccc1-c1cccc[c]1[Pd]. The Balaban J connectivity index is 0.000000267. The molecule has 3 nitrogen and oxygen atoms in total. The average molecular weight is 776 g/mol. The molecule has 0 amide bonds. The van der Waals surface area contributed by atoms with Crippen molar-refractivity contribution in [3.8, 4) is 33.8 Å². The van der Waals surface area contributed by atoms with Crippen LogP contribution in [0.1, 0.15) is 91.9 Å². The Morgan fingerprint density at radius 1 is 0.625 bits per heavy atom. The quantitative estimate of drug-likeness (QED) is 0.105. The van der Waals surface area contributed by atoms with E-state index in [1.165, 1.54) is 75.1 Å². The van der Waals surface area contributed by atoms with Crippen LogP contribution < -0.4 is 24.5 Å². The molecule has 2 aliphatic rings. The Morgan fingerprint density at radius 2 is 1.10 bits per heavy atom. The van der Waals surface area contributed by atoms with E-state index < -0.39 is 0 Å². The predicted molar refractivity (Wildman–Crippen MR) is 205 cm³/mol. The van der Waals surface area contributed by atoms with E-state index in [0.29, 0.717) is 0 Å². The molecule has 4 aromatic carbocycles. The number of rotatable bonds is 9. The van der Waals surface area contributed by atoms with Crippen LogP contribution in [0.2, 0.25) is 5.02 Å². The van der Waals surface area contributed by atoms with Crippen molar-refractivity contribution < 1.29 is 28.7 Å². The fourth-order valence-corrected chi connectivity index (χ4v) is 12.2. The molecule has 2 fully saturated rings. The molecule has 0 atom stereocenters. The number of para-hydroxylation sites is 1. The van der Waals surface area contributed by atoms with Crippen molar-refractivity contribution in [2.24, 2.45) is 0 Å². The Kier molecular flexibility index (Phi) is 13.9. The van der Waals surface area contributed by atoms with Gasteiger partial charge in [0.2, 0.25) is 0 Å². The van der Waals surface area contributed by atoms with E-state index in [-0.39, 0.29) is 20.1 Å². The molecule has 259 valence electrons. The minimum absolute atomic E-state index is 0.0916. The Hall–Kier alpha value is -2.34. The van der Waals surface area contributed by atoms with Crippen LogP contribution in [0.4, 0.5) is 5.69 Å². The molecule has 48 heavy (non-hydrogen) atoms. The summed E-state index contributed by atoms with van der Waals surface area (Å²) in [6, 6.07) is 28.7. The standard InChI is InChI=1S/C30H42ClO2P.C12H10N.Pd/c1-21(2)32-27-19-12-20-28(33-22(3)4)29(27)25-17-11-18-26(31)30(25)34(23-13-7-5-8-14-23)24-15-9-6-10-16-24;13-12-9-5-4-8-11(12)10-6-2-1-3-7-10;/h11-12,17-24H,5-10,13-16H2,1-4H3;1-6,8-9H,13H2;. The van der Waals surface area contributed by atoms with Gasteiger partial charge in [0.1, 0.15) is 11.5 Å². The molecule has 6 heteroatoms. The van der Waals surface area contributed by atoms with Gasteiger partial charge in [-0.25, -0.2) is 0 Å². The van der Waals surface area contributed by atoms with Gasteiger partial charge in [-0.05, 0) is 88.5 Å². The van der Waals surface area contributed by atoms with Gasteiger partial charge in [0.05, 0.1) is 17.8 Å². The van der Waals surface area contributed by atoms with E-state index in [9.17, 15) is 0 Å². The van der Waals surface area contributed by atoms with Gasteiger partial charge in [-0.3, -0.25) is 0 Å².